The van der Waals surface area contributed by atoms with Crippen molar-refractivity contribution in [3.63, 3.8) is 0 Å². The maximum Gasteiger partial charge on any atom is 0.637 e. The fourth-order valence-electron chi connectivity index (χ4n) is 3.55. The Kier molecular flexibility index (Phi) is 6.27. The molecule has 1 aliphatic heterocycles. The second-order valence-corrected chi connectivity index (χ2v) is 7.42. The molecule has 0 spiro atoms. The molecule has 1 fully saturated rings. The summed E-state index contributed by atoms with van der Waals surface area (Å²) in [6.45, 7) is 2.00. The Balaban J connectivity index is 1.58. The average Bonchev–Trinajstić information content (AvgIpc) is 2.96. The molecule has 6 heteroatoms. The fraction of sp³-hybridized carbons (Fsp3) is 0.160. The Morgan fingerprint density at radius 3 is 2.29 bits per heavy atom. The predicted octanol–water partition coefficient (Wildman–Crippen LogP) is 3.84. The minimum Gasteiger partial charge on any atom is -0.495 e. The van der Waals surface area contributed by atoms with E-state index in [1.165, 1.54) is 0 Å². The standard InChI is InChI=1S/C25H22BNO4/c1-18(19-10-4-2-5-11-19)27-17-21-14-8-9-15-23(21)26-30-24(28)16-22(25(29)31-26)20-12-6-3-7-13-20/h2-15,17-18,22H,16H2,1H3/t18-,22-/m1/s1. The highest BCUT2D eigenvalue weighted by Gasteiger charge is 2.40. The van der Waals surface area contributed by atoms with Crippen molar-refractivity contribution in [3.8, 4) is 0 Å². The lowest BCUT2D eigenvalue weighted by molar-refractivity contribution is -0.137. The molecule has 1 heterocycles. The lowest BCUT2D eigenvalue weighted by atomic mass is 9.76. The lowest BCUT2D eigenvalue weighted by Gasteiger charge is -2.14. The third kappa shape index (κ3) is 4.91. The number of nitrogens with zero attached hydrogens (tertiary/aromatic N) is 1. The van der Waals surface area contributed by atoms with E-state index < -0.39 is 25.0 Å². The topological polar surface area (TPSA) is 65.0 Å². The SMILES string of the molecule is C[C@@H](N=Cc1ccccc1B1OC(=O)C[C@H](c2ccccc2)C(=O)O1)c1ccccc1. The van der Waals surface area contributed by atoms with Crippen LogP contribution in [0.5, 0.6) is 0 Å². The van der Waals surface area contributed by atoms with Gasteiger partial charge in [-0.05, 0) is 23.6 Å². The quantitative estimate of drug-likeness (QED) is 0.473. The molecule has 2 atom stereocenters. The van der Waals surface area contributed by atoms with Gasteiger partial charge >= 0.3 is 7.12 Å². The van der Waals surface area contributed by atoms with Crippen LogP contribution in [0.3, 0.4) is 0 Å². The molecule has 5 nitrogen and oxygen atoms in total. The number of carbonyl (C=O) groups is 2. The molecular weight excluding hydrogens is 389 g/mol. The van der Waals surface area contributed by atoms with Crippen molar-refractivity contribution < 1.29 is 18.9 Å². The summed E-state index contributed by atoms with van der Waals surface area (Å²) < 4.78 is 11.1. The van der Waals surface area contributed by atoms with Crippen LogP contribution in [0.4, 0.5) is 0 Å². The number of hydrogen-bond donors (Lipinski definition) is 0. The minimum absolute atomic E-state index is 0.0454. The van der Waals surface area contributed by atoms with Crippen molar-refractivity contribution in [2.75, 3.05) is 0 Å². The molecule has 0 aliphatic carbocycles. The summed E-state index contributed by atoms with van der Waals surface area (Å²) in [5.74, 6) is -1.64. The highest BCUT2D eigenvalue weighted by atomic mass is 16.6. The molecule has 0 unspecified atom stereocenters. The number of aliphatic imine (C=N–C) groups is 1. The summed E-state index contributed by atoms with van der Waals surface area (Å²) in [6.07, 6.45) is 1.68. The molecule has 3 aromatic carbocycles. The van der Waals surface area contributed by atoms with Gasteiger partial charge < -0.3 is 9.31 Å². The van der Waals surface area contributed by atoms with Gasteiger partial charge in [-0.25, -0.2) is 0 Å². The van der Waals surface area contributed by atoms with Crippen molar-refractivity contribution in [3.05, 3.63) is 102 Å². The van der Waals surface area contributed by atoms with E-state index in [9.17, 15) is 9.59 Å². The second kappa shape index (κ2) is 9.43. The van der Waals surface area contributed by atoms with E-state index in [0.29, 0.717) is 5.46 Å². The zero-order valence-corrected chi connectivity index (χ0v) is 17.2. The lowest BCUT2D eigenvalue weighted by Crippen LogP contribution is -2.41. The Morgan fingerprint density at radius 1 is 0.903 bits per heavy atom. The van der Waals surface area contributed by atoms with E-state index in [-0.39, 0.29) is 12.5 Å². The van der Waals surface area contributed by atoms with Crippen molar-refractivity contribution >= 4 is 30.7 Å². The second-order valence-electron chi connectivity index (χ2n) is 7.42. The molecule has 31 heavy (non-hydrogen) atoms. The Morgan fingerprint density at radius 2 is 1.55 bits per heavy atom. The first-order valence-electron chi connectivity index (χ1n) is 10.2. The van der Waals surface area contributed by atoms with Gasteiger partial charge in [0.2, 0.25) is 0 Å². The molecule has 0 amide bonds. The number of rotatable bonds is 5. The molecule has 0 saturated carbocycles. The van der Waals surface area contributed by atoms with Gasteiger partial charge in [0.05, 0.1) is 18.4 Å². The van der Waals surface area contributed by atoms with Gasteiger partial charge in [-0.15, -0.1) is 0 Å². The Bertz CT molecular complexity index is 1080. The zero-order chi connectivity index (χ0) is 21.6. The van der Waals surface area contributed by atoms with E-state index in [4.69, 9.17) is 9.31 Å². The summed E-state index contributed by atoms with van der Waals surface area (Å²) in [4.78, 5) is 29.9. The summed E-state index contributed by atoms with van der Waals surface area (Å²) in [5, 5.41) is 0. The van der Waals surface area contributed by atoms with Gasteiger partial charge in [0.15, 0.2) is 0 Å². The summed E-state index contributed by atoms with van der Waals surface area (Å²) in [6, 6.07) is 26.4. The molecule has 0 bridgehead atoms. The van der Waals surface area contributed by atoms with Crippen LogP contribution in [0.2, 0.25) is 0 Å². The van der Waals surface area contributed by atoms with E-state index in [1.807, 2.05) is 85.8 Å². The molecule has 1 saturated heterocycles. The van der Waals surface area contributed by atoms with Gasteiger partial charge in [0.1, 0.15) is 0 Å². The van der Waals surface area contributed by atoms with Crippen LogP contribution >= 0.6 is 0 Å². The summed E-state index contributed by atoms with van der Waals surface area (Å²) >= 11 is 0. The van der Waals surface area contributed by atoms with Crippen LogP contribution in [0.15, 0.2) is 89.9 Å². The first-order chi connectivity index (χ1) is 15.1. The largest absolute Gasteiger partial charge is 0.637 e. The van der Waals surface area contributed by atoms with Gasteiger partial charge in [0, 0.05) is 11.7 Å². The van der Waals surface area contributed by atoms with Crippen LogP contribution in [-0.4, -0.2) is 25.3 Å². The monoisotopic (exact) mass is 411 g/mol. The van der Waals surface area contributed by atoms with Crippen LogP contribution < -0.4 is 5.46 Å². The third-order valence-electron chi connectivity index (χ3n) is 5.29. The predicted molar refractivity (Wildman–Crippen MR) is 120 cm³/mol. The molecule has 0 aromatic heterocycles. The Labute approximate surface area is 181 Å². The van der Waals surface area contributed by atoms with Crippen molar-refractivity contribution in [2.45, 2.75) is 25.3 Å². The highest BCUT2D eigenvalue weighted by molar-refractivity contribution is 6.66. The van der Waals surface area contributed by atoms with Crippen LogP contribution in [-0.2, 0) is 18.9 Å². The summed E-state index contributed by atoms with van der Waals surface area (Å²) in [7, 11) is -1.11. The molecule has 0 radical (unpaired) electrons. The molecular formula is C25H22BNO4. The average molecular weight is 411 g/mol. The van der Waals surface area contributed by atoms with E-state index >= 15 is 0 Å². The maximum absolute atomic E-state index is 12.8. The molecule has 154 valence electrons. The fourth-order valence-corrected chi connectivity index (χ4v) is 3.55. The number of carbonyl (C=O) groups excluding carboxylic acids is 2. The van der Waals surface area contributed by atoms with Gasteiger partial charge in [-0.3, -0.25) is 14.6 Å². The third-order valence-corrected chi connectivity index (χ3v) is 5.29. The molecule has 3 aromatic rings. The maximum atomic E-state index is 12.8. The highest BCUT2D eigenvalue weighted by Crippen LogP contribution is 2.25. The van der Waals surface area contributed by atoms with Crippen LogP contribution in [0.1, 0.15) is 42.0 Å². The molecule has 1 aliphatic rings. The first-order valence-corrected chi connectivity index (χ1v) is 10.2. The number of hydrogen-bond acceptors (Lipinski definition) is 5. The number of benzene rings is 3. The van der Waals surface area contributed by atoms with Crippen molar-refractivity contribution in [2.24, 2.45) is 4.99 Å². The van der Waals surface area contributed by atoms with Gasteiger partial charge in [-0.1, -0.05) is 84.9 Å². The Hall–Kier alpha value is -3.67. The normalized spacial score (nSPS) is 17.7. The van der Waals surface area contributed by atoms with Gasteiger partial charge in [-0.2, -0.15) is 0 Å². The zero-order valence-electron chi connectivity index (χ0n) is 17.2. The van der Waals surface area contributed by atoms with E-state index in [2.05, 4.69) is 4.99 Å². The van der Waals surface area contributed by atoms with Crippen LogP contribution in [0.25, 0.3) is 0 Å². The van der Waals surface area contributed by atoms with E-state index in [0.717, 1.165) is 16.7 Å². The first kappa shape index (κ1) is 20.6. The van der Waals surface area contributed by atoms with Crippen molar-refractivity contribution in [1.29, 1.82) is 0 Å². The molecule has 0 N–H and O–H groups in total. The smallest absolute Gasteiger partial charge is 0.495 e. The van der Waals surface area contributed by atoms with Gasteiger partial charge in [0.25, 0.3) is 11.9 Å². The van der Waals surface area contributed by atoms with Crippen LogP contribution in [0, 0.1) is 0 Å². The minimum atomic E-state index is -1.11. The molecule has 4 rings (SSSR count). The van der Waals surface area contributed by atoms with Crippen molar-refractivity contribution in [1.82, 2.24) is 0 Å². The summed E-state index contributed by atoms with van der Waals surface area (Å²) in [5.41, 5.74) is 3.14. The van der Waals surface area contributed by atoms with E-state index in [1.54, 1.807) is 12.3 Å².